The third-order valence-electron chi connectivity index (χ3n) is 4.12. The van der Waals surface area contributed by atoms with E-state index >= 15 is 0 Å². The number of nitrogens with zero attached hydrogens (tertiary/aromatic N) is 2. The molecule has 30 heavy (non-hydrogen) atoms. The Bertz CT molecular complexity index is 982. The van der Waals surface area contributed by atoms with Crippen LogP contribution >= 0.6 is 0 Å². The molecule has 0 saturated heterocycles. The lowest BCUT2D eigenvalue weighted by molar-refractivity contribution is 0.0429. The first-order valence-electron chi connectivity index (χ1n) is 9.45. The Morgan fingerprint density at radius 3 is 2.43 bits per heavy atom. The van der Waals surface area contributed by atoms with Crippen LogP contribution in [0.25, 0.3) is 11.4 Å². The van der Waals surface area contributed by atoms with E-state index in [2.05, 4.69) is 24.0 Å². The van der Waals surface area contributed by atoms with Gasteiger partial charge in [0, 0.05) is 6.07 Å². The van der Waals surface area contributed by atoms with E-state index in [1.54, 1.807) is 56.7 Å². The van der Waals surface area contributed by atoms with Crippen LogP contribution in [-0.4, -0.2) is 36.9 Å². The number of rotatable bonds is 9. The van der Waals surface area contributed by atoms with Gasteiger partial charge in [-0.15, -0.1) is 0 Å². The van der Waals surface area contributed by atoms with Crippen LogP contribution in [0, 0.1) is 5.92 Å². The molecule has 0 aliphatic carbocycles. The van der Waals surface area contributed by atoms with Gasteiger partial charge in [0.2, 0.25) is 5.82 Å². The van der Waals surface area contributed by atoms with Gasteiger partial charge in [0.25, 0.3) is 5.89 Å². The molecule has 0 atom stereocenters. The average Bonchev–Trinajstić information content (AvgIpc) is 3.24. The van der Waals surface area contributed by atoms with Crippen LogP contribution in [0.2, 0.25) is 0 Å². The van der Waals surface area contributed by atoms with E-state index in [1.807, 2.05) is 0 Å². The monoisotopic (exact) mass is 412 g/mol. The number of ether oxygens (including phenoxy) is 4. The second-order valence-corrected chi connectivity index (χ2v) is 6.88. The summed E-state index contributed by atoms with van der Waals surface area (Å²) >= 11 is 0. The molecule has 0 spiro atoms. The lowest BCUT2D eigenvalue weighted by Crippen LogP contribution is -2.07. The Morgan fingerprint density at radius 2 is 1.77 bits per heavy atom. The van der Waals surface area contributed by atoms with Gasteiger partial charge in [-0.05, 0) is 42.3 Å². The van der Waals surface area contributed by atoms with Crippen LogP contribution in [0.5, 0.6) is 17.2 Å². The first-order chi connectivity index (χ1) is 14.5. The minimum absolute atomic E-state index is 0.143. The molecule has 1 heterocycles. The van der Waals surface area contributed by atoms with E-state index < -0.39 is 5.97 Å². The molecule has 8 heteroatoms. The number of methoxy groups -OCH3 is 2. The molecule has 8 nitrogen and oxygen atoms in total. The fraction of sp³-hybridized carbons (Fsp3) is 0.318. The van der Waals surface area contributed by atoms with Crippen molar-refractivity contribution in [3.63, 3.8) is 0 Å². The van der Waals surface area contributed by atoms with Crippen molar-refractivity contribution in [3.05, 3.63) is 53.9 Å². The number of esters is 1. The van der Waals surface area contributed by atoms with E-state index in [1.165, 1.54) is 0 Å². The highest BCUT2D eigenvalue weighted by molar-refractivity contribution is 5.89. The highest BCUT2D eigenvalue weighted by Crippen LogP contribution is 2.31. The number of carbonyl (C=O) groups excluding carboxylic acids is 1. The van der Waals surface area contributed by atoms with Crippen LogP contribution in [-0.2, 0) is 11.3 Å². The van der Waals surface area contributed by atoms with Crippen LogP contribution in [0.15, 0.2) is 47.0 Å². The van der Waals surface area contributed by atoms with Gasteiger partial charge >= 0.3 is 5.97 Å². The largest absolute Gasteiger partial charge is 0.497 e. The zero-order chi connectivity index (χ0) is 21.5. The molecular weight excluding hydrogens is 388 g/mol. The van der Waals surface area contributed by atoms with Gasteiger partial charge in [-0.2, -0.15) is 4.98 Å². The topological polar surface area (TPSA) is 92.9 Å². The van der Waals surface area contributed by atoms with Gasteiger partial charge < -0.3 is 23.5 Å². The number of aromatic nitrogens is 2. The summed E-state index contributed by atoms with van der Waals surface area (Å²) in [5, 5.41) is 3.93. The summed E-state index contributed by atoms with van der Waals surface area (Å²) in [6.07, 6.45) is 0. The van der Waals surface area contributed by atoms with Crippen molar-refractivity contribution >= 4 is 5.97 Å². The fourth-order valence-electron chi connectivity index (χ4n) is 2.57. The standard InChI is InChI=1S/C22H24N2O6/c1-14(2)12-28-16-7-5-15(6-8-16)22(25)29-13-20-23-21(24-30-20)18-10-9-17(26-3)11-19(18)27-4/h5-11,14H,12-13H2,1-4H3. The summed E-state index contributed by atoms with van der Waals surface area (Å²) in [6, 6.07) is 12.0. The highest BCUT2D eigenvalue weighted by Gasteiger charge is 2.16. The molecule has 3 aromatic rings. The van der Waals surface area contributed by atoms with Crippen molar-refractivity contribution < 1.29 is 28.3 Å². The van der Waals surface area contributed by atoms with Crippen molar-refractivity contribution in [3.8, 4) is 28.6 Å². The second-order valence-electron chi connectivity index (χ2n) is 6.88. The Labute approximate surface area is 174 Å². The van der Waals surface area contributed by atoms with Gasteiger partial charge in [0.05, 0.1) is 32.0 Å². The molecule has 158 valence electrons. The average molecular weight is 412 g/mol. The maximum absolute atomic E-state index is 12.3. The molecule has 2 aromatic carbocycles. The Kier molecular flexibility index (Phi) is 6.90. The predicted octanol–water partition coefficient (Wildman–Crippen LogP) is 4.15. The molecule has 0 N–H and O–H groups in total. The number of carbonyl (C=O) groups is 1. The van der Waals surface area contributed by atoms with Crippen LogP contribution in [0.4, 0.5) is 0 Å². The van der Waals surface area contributed by atoms with Crippen LogP contribution in [0.3, 0.4) is 0 Å². The zero-order valence-electron chi connectivity index (χ0n) is 17.4. The summed E-state index contributed by atoms with van der Waals surface area (Å²) in [7, 11) is 3.11. The maximum atomic E-state index is 12.3. The van der Waals surface area contributed by atoms with Crippen molar-refractivity contribution in [2.75, 3.05) is 20.8 Å². The Balaban J connectivity index is 1.61. The van der Waals surface area contributed by atoms with Gasteiger partial charge in [-0.3, -0.25) is 0 Å². The summed E-state index contributed by atoms with van der Waals surface area (Å²) < 4.78 is 26.6. The minimum atomic E-state index is -0.493. The SMILES string of the molecule is COc1ccc(-c2noc(COC(=O)c3ccc(OCC(C)C)cc3)n2)c(OC)c1. The lowest BCUT2D eigenvalue weighted by Gasteiger charge is -2.09. The van der Waals surface area contributed by atoms with E-state index in [-0.39, 0.29) is 12.5 Å². The fourth-order valence-corrected chi connectivity index (χ4v) is 2.57. The van der Waals surface area contributed by atoms with E-state index in [0.29, 0.717) is 46.7 Å². The molecule has 0 bridgehead atoms. The highest BCUT2D eigenvalue weighted by atomic mass is 16.6. The number of hydrogen-bond acceptors (Lipinski definition) is 8. The Morgan fingerprint density at radius 1 is 1.03 bits per heavy atom. The van der Waals surface area contributed by atoms with Crippen molar-refractivity contribution in [1.82, 2.24) is 10.1 Å². The second kappa shape index (κ2) is 9.78. The normalized spacial score (nSPS) is 10.7. The number of benzene rings is 2. The first-order valence-corrected chi connectivity index (χ1v) is 9.45. The maximum Gasteiger partial charge on any atom is 0.338 e. The van der Waals surface area contributed by atoms with Gasteiger partial charge in [0.15, 0.2) is 6.61 Å². The molecule has 0 saturated carbocycles. The molecule has 0 aliphatic heterocycles. The summed E-state index contributed by atoms with van der Waals surface area (Å²) in [6.45, 7) is 4.61. The quantitative estimate of drug-likeness (QED) is 0.484. The molecule has 0 aliphatic rings. The van der Waals surface area contributed by atoms with Crippen LogP contribution < -0.4 is 14.2 Å². The molecular formula is C22H24N2O6. The lowest BCUT2D eigenvalue weighted by atomic mass is 10.2. The van der Waals surface area contributed by atoms with Gasteiger partial charge in [-0.25, -0.2) is 4.79 Å². The molecule has 3 rings (SSSR count). The van der Waals surface area contributed by atoms with E-state index in [9.17, 15) is 4.79 Å². The zero-order valence-corrected chi connectivity index (χ0v) is 17.4. The summed E-state index contributed by atoms with van der Waals surface area (Å²) in [4.78, 5) is 16.5. The predicted molar refractivity (Wildman–Crippen MR) is 109 cm³/mol. The third-order valence-corrected chi connectivity index (χ3v) is 4.12. The number of hydrogen-bond donors (Lipinski definition) is 0. The van der Waals surface area contributed by atoms with E-state index in [0.717, 1.165) is 0 Å². The van der Waals surface area contributed by atoms with Crippen molar-refractivity contribution in [1.29, 1.82) is 0 Å². The molecule has 0 radical (unpaired) electrons. The minimum Gasteiger partial charge on any atom is -0.497 e. The van der Waals surface area contributed by atoms with Gasteiger partial charge in [0.1, 0.15) is 17.2 Å². The Hall–Kier alpha value is -3.55. The molecule has 0 unspecified atom stereocenters. The first kappa shape index (κ1) is 21.2. The van der Waals surface area contributed by atoms with Gasteiger partial charge in [-0.1, -0.05) is 19.0 Å². The van der Waals surface area contributed by atoms with Crippen LogP contribution in [0.1, 0.15) is 30.1 Å². The smallest absolute Gasteiger partial charge is 0.338 e. The molecule has 0 fully saturated rings. The van der Waals surface area contributed by atoms with Crippen molar-refractivity contribution in [2.45, 2.75) is 20.5 Å². The van der Waals surface area contributed by atoms with Crippen molar-refractivity contribution in [2.24, 2.45) is 5.92 Å². The van der Waals surface area contributed by atoms with E-state index in [4.69, 9.17) is 23.5 Å². The molecule has 0 amide bonds. The summed E-state index contributed by atoms with van der Waals surface area (Å²) in [5.74, 6) is 2.32. The summed E-state index contributed by atoms with van der Waals surface area (Å²) in [5.41, 5.74) is 1.04. The third kappa shape index (κ3) is 5.28. The molecule has 1 aromatic heterocycles.